The molecule has 1 saturated heterocycles. The first kappa shape index (κ1) is 14.8. The highest BCUT2D eigenvalue weighted by molar-refractivity contribution is 5.18. The topological polar surface area (TPSA) is 49.0 Å². The average molecular weight is 305 g/mol. The molecule has 0 radical (unpaired) electrons. The minimum atomic E-state index is -0.828. The second-order valence-electron chi connectivity index (χ2n) is 5.72. The molecule has 22 heavy (non-hydrogen) atoms. The smallest absolute Gasteiger partial charge is 0.251 e. The molecule has 116 valence electrons. The first-order valence-corrected chi connectivity index (χ1v) is 7.25. The van der Waals surface area contributed by atoms with Gasteiger partial charge in [-0.3, -0.25) is 9.69 Å². The average Bonchev–Trinajstić information content (AvgIpc) is 2.90. The second kappa shape index (κ2) is 5.96. The van der Waals surface area contributed by atoms with Crippen molar-refractivity contribution in [3.8, 4) is 0 Å². The summed E-state index contributed by atoms with van der Waals surface area (Å²) in [5.74, 6) is -0.834. The van der Waals surface area contributed by atoms with Gasteiger partial charge in [-0.2, -0.15) is 0 Å². The number of likely N-dealkylation sites (tertiary alicyclic amines) is 1. The Balaban J connectivity index is 1.69. The third-order valence-electron chi connectivity index (χ3n) is 3.96. The molecule has 0 saturated carbocycles. The monoisotopic (exact) mass is 305 g/mol. The number of aromatic amines is 1. The summed E-state index contributed by atoms with van der Waals surface area (Å²) in [6, 6.07) is 5.53. The van der Waals surface area contributed by atoms with E-state index in [2.05, 4.69) is 14.9 Å². The molecule has 2 heterocycles. The molecule has 1 aliphatic rings. The Kier molecular flexibility index (Phi) is 4.02. The number of rotatable bonds is 3. The van der Waals surface area contributed by atoms with Crippen LogP contribution in [-0.2, 0) is 6.54 Å². The van der Waals surface area contributed by atoms with E-state index in [1.54, 1.807) is 19.1 Å². The first-order chi connectivity index (χ1) is 10.5. The maximum Gasteiger partial charge on any atom is 0.251 e. The maximum absolute atomic E-state index is 13.2. The van der Waals surface area contributed by atoms with Gasteiger partial charge in [-0.05, 0) is 37.6 Å². The molecule has 1 aliphatic heterocycles. The predicted octanol–water partition coefficient (Wildman–Crippen LogP) is 2.35. The normalized spacial score (nSPS) is 18.8. The lowest BCUT2D eigenvalue weighted by Gasteiger charge is -2.16. The van der Waals surface area contributed by atoms with Gasteiger partial charge in [0.25, 0.3) is 5.56 Å². The number of nitrogens with one attached hydrogen (secondary N) is 1. The summed E-state index contributed by atoms with van der Waals surface area (Å²) in [6.45, 7) is 3.93. The van der Waals surface area contributed by atoms with Crippen LogP contribution in [0.25, 0.3) is 0 Å². The maximum atomic E-state index is 13.2. The molecule has 4 nitrogen and oxygen atoms in total. The van der Waals surface area contributed by atoms with E-state index in [0.29, 0.717) is 12.4 Å². The minimum absolute atomic E-state index is 0.137. The number of hydrogen-bond acceptors (Lipinski definition) is 3. The van der Waals surface area contributed by atoms with Crippen LogP contribution in [0.5, 0.6) is 0 Å². The van der Waals surface area contributed by atoms with Crippen molar-refractivity contribution < 1.29 is 8.78 Å². The SMILES string of the molecule is Cc1nc([C@H]2CCN(Cc3ccc(F)c(F)c3)C2)cc(=O)[nH]1. The molecule has 1 N–H and O–H groups in total. The summed E-state index contributed by atoms with van der Waals surface area (Å²) < 4.78 is 26.2. The van der Waals surface area contributed by atoms with E-state index in [1.807, 2.05) is 0 Å². The first-order valence-electron chi connectivity index (χ1n) is 7.25. The summed E-state index contributed by atoms with van der Waals surface area (Å²) in [4.78, 5) is 20.7. The van der Waals surface area contributed by atoms with Crippen LogP contribution in [0.4, 0.5) is 8.78 Å². The highest BCUT2D eigenvalue weighted by atomic mass is 19.2. The highest BCUT2D eigenvalue weighted by Gasteiger charge is 2.25. The predicted molar refractivity (Wildman–Crippen MR) is 78.6 cm³/mol. The van der Waals surface area contributed by atoms with Gasteiger partial charge < -0.3 is 4.98 Å². The Morgan fingerprint density at radius 3 is 2.86 bits per heavy atom. The van der Waals surface area contributed by atoms with Crippen molar-refractivity contribution in [1.82, 2.24) is 14.9 Å². The van der Waals surface area contributed by atoms with Crippen LogP contribution in [0.15, 0.2) is 29.1 Å². The molecule has 1 atom stereocenters. The van der Waals surface area contributed by atoms with Gasteiger partial charge in [0.05, 0.1) is 5.69 Å². The van der Waals surface area contributed by atoms with Crippen molar-refractivity contribution in [1.29, 1.82) is 0 Å². The van der Waals surface area contributed by atoms with Crippen LogP contribution in [0.2, 0.25) is 0 Å². The Morgan fingerprint density at radius 2 is 2.14 bits per heavy atom. The lowest BCUT2D eigenvalue weighted by molar-refractivity contribution is 0.325. The number of benzene rings is 1. The van der Waals surface area contributed by atoms with Crippen LogP contribution >= 0.6 is 0 Å². The van der Waals surface area contributed by atoms with Gasteiger partial charge in [-0.25, -0.2) is 13.8 Å². The molecule has 0 spiro atoms. The number of aromatic nitrogens is 2. The quantitative estimate of drug-likeness (QED) is 0.947. The third-order valence-corrected chi connectivity index (χ3v) is 3.96. The molecule has 1 fully saturated rings. The van der Waals surface area contributed by atoms with Crippen LogP contribution in [0.1, 0.15) is 29.4 Å². The van der Waals surface area contributed by atoms with Crippen LogP contribution in [-0.4, -0.2) is 28.0 Å². The molecule has 0 bridgehead atoms. The largest absolute Gasteiger partial charge is 0.311 e. The zero-order valence-corrected chi connectivity index (χ0v) is 12.3. The molecule has 0 aliphatic carbocycles. The van der Waals surface area contributed by atoms with Crippen molar-refractivity contribution in [2.45, 2.75) is 25.8 Å². The van der Waals surface area contributed by atoms with Crippen molar-refractivity contribution >= 4 is 0 Å². The summed E-state index contributed by atoms with van der Waals surface area (Å²) in [6.07, 6.45) is 0.902. The van der Waals surface area contributed by atoms with Crippen LogP contribution in [0.3, 0.4) is 0 Å². The molecule has 6 heteroatoms. The number of hydrogen-bond donors (Lipinski definition) is 1. The molecule has 3 rings (SSSR count). The number of H-pyrrole nitrogens is 1. The number of aryl methyl sites for hydroxylation is 1. The van der Waals surface area contributed by atoms with Crippen molar-refractivity contribution in [2.75, 3.05) is 13.1 Å². The fraction of sp³-hybridized carbons (Fsp3) is 0.375. The minimum Gasteiger partial charge on any atom is -0.311 e. The van der Waals surface area contributed by atoms with Gasteiger partial charge in [0, 0.05) is 25.1 Å². The van der Waals surface area contributed by atoms with E-state index < -0.39 is 11.6 Å². The molecule has 0 unspecified atom stereocenters. The van der Waals surface area contributed by atoms with Crippen LogP contribution in [0, 0.1) is 18.6 Å². The van der Waals surface area contributed by atoms with Crippen molar-refractivity contribution in [2.24, 2.45) is 0 Å². The molecule has 1 aromatic heterocycles. The van der Waals surface area contributed by atoms with Crippen molar-refractivity contribution in [3.63, 3.8) is 0 Å². The van der Waals surface area contributed by atoms with Gasteiger partial charge in [0.2, 0.25) is 0 Å². The number of halogens is 2. The summed E-state index contributed by atoms with van der Waals surface area (Å²) >= 11 is 0. The Hall–Kier alpha value is -2.08. The van der Waals surface area contributed by atoms with Gasteiger partial charge in [0.1, 0.15) is 5.82 Å². The zero-order valence-electron chi connectivity index (χ0n) is 12.3. The molecule has 0 amide bonds. The van der Waals surface area contributed by atoms with Gasteiger partial charge in [-0.1, -0.05) is 6.07 Å². The molecular formula is C16H17F2N3O. The van der Waals surface area contributed by atoms with E-state index in [4.69, 9.17) is 0 Å². The zero-order chi connectivity index (χ0) is 15.7. The van der Waals surface area contributed by atoms with Crippen molar-refractivity contribution in [3.05, 3.63) is 63.3 Å². The Labute approximate surface area is 126 Å². The lowest BCUT2D eigenvalue weighted by atomic mass is 10.0. The fourth-order valence-corrected chi connectivity index (χ4v) is 2.93. The fourth-order valence-electron chi connectivity index (χ4n) is 2.93. The second-order valence-corrected chi connectivity index (χ2v) is 5.72. The Bertz CT molecular complexity index is 744. The summed E-state index contributed by atoms with van der Waals surface area (Å²) in [5, 5.41) is 0. The van der Waals surface area contributed by atoms with E-state index in [-0.39, 0.29) is 11.5 Å². The summed E-state index contributed by atoms with van der Waals surface area (Å²) in [7, 11) is 0. The molecule has 1 aromatic carbocycles. The molecular weight excluding hydrogens is 288 g/mol. The van der Waals surface area contributed by atoms with E-state index in [1.165, 1.54) is 6.07 Å². The van der Waals surface area contributed by atoms with Gasteiger partial charge in [0.15, 0.2) is 11.6 Å². The van der Waals surface area contributed by atoms with Gasteiger partial charge in [-0.15, -0.1) is 0 Å². The van der Waals surface area contributed by atoms with Crippen LogP contribution < -0.4 is 5.56 Å². The Morgan fingerprint density at radius 1 is 1.32 bits per heavy atom. The van der Waals surface area contributed by atoms with E-state index in [0.717, 1.165) is 36.8 Å². The third kappa shape index (κ3) is 3.22. The van der Waals surface area contributed by atoms with Gasteiger partial charge >= 0.3 is 0 Å². The number of nitrogens with zero attached hydrogens (tertiary/aromatic N) is 2. The molecule has 2 aromatic rings. The van der Waals surface area contributed by atoms with E-state index in [9.17, 15) is 13.6 Å². The lowest BCUT2D eigenvalue weighted by Crippen LogP contribution is -2.21. The highest BCUT2D eigenvalue weighted by Crippen LogP contribution is 2.26. The summed E-state index contributed by atoms with van der Waals surface area (Å²) in [5.41, 5.74) is 1.41. The standard InChI is InChI=1S/C16H17F2N3O/c1-10-19-15(7-16(22)20-10)12-4-5-21(9-12)8-11-2-3-13(17)14(18)6-11/h2-3,6-7,12H,4-5,8-9H2,1H3,(H,19,20,22)/t12-/m0/s1. The van der Waals surface area contributed by atoms with E-state index >= 15 is 0 Å².